The SMILES string of the molecule is CC(C)c1ccc2c(c1)Cc1ccccc1S2.[Cu]. The van der Waals surface area contributed by atoms with Crippen molar-refractivity contribution < 1.29 is 17.1 Å². The van der Waals surface area contributed by atoms with E-state index >= 15 is 0 Å². The first-order valence-electron chi connectivity index (χ1n) is 6.12. The molecule has 0 aromatic heterocycles. The van der Waals surface area contributed by atoms with Crippen molar-refractivity contribution >= 4 is 11.8 Å². The fraction of sp³-hybridized carbons (Fsp3) is 0.250. The Labute approximate surface area is 124 Å². The van der Waals surface area contributed by atoms with Crippen LogP contribution in [0.2, 0.25) is 0 Å². The summed E-state index contributed by atoms with van der Waals surface area (Å²) in [6.07, 6.45) is 1.08. The predicted molar refractivity (Wildman–Crippen MR) is 73.9 cm³/mol. The first kappa shape index (κ1) is 13.7. The Morgan fingerprint density at radius 1 is 0.944 bits per heavy atom. The first-order valence-corrected chi connectivity index (χ1v) is 6.94. The van der Waals surface area contributed by atoms with Crippen LogP contribution in [0.1, 0.15) is 36.5 Å². The maximum atomic E-state index is 2.38. The van der Waals surface area contributed by atoms with Crippen LogP contribution < -0.4 is 0 Å². The first-order chi connectivity index (χ1) is 8.24. The van der Waals surface area contributed by atoms with E-state index in [9.17, 15) is 0 Å². The van der Waals surface area contributed by atoms with Crippen LogP contribution in [0.4, 0.5) is 0 Å². The van der Waals surface area contributed by atoms with E-state index in [1.807, 2.05) is 11.8 Å². The van der Waals surface area contributed by atoms with Gasteiger partial charge in [-0.25, -0.2) is 0 Å². The van der Waals surface area contributed by atoms with Crippen molar-refractivity contribution in [2.45, 2.75) is 36.0 Å². The quantitative estimate of drug-likeness (QED) is 0.578. The fourth-order valence-corrected chi connectivity index (χ4v) is 3.32. The fourth-order valence-electron chi connectivity index (χ4n) is 2.27. The van der Waals surface area contributed by atoms with Gasteiger partial charge in [0.15, 0.2) is 0 Å². The van der Waals surface area contributed by atoms with Gasteiger partial charge in [0.05, 0.1) is 0 Å². The Bertz CT molecular complexity index is 561. The molecular formula is C16H16CuS. The molecule has 1 aliphatic heterocycles. The average Bonchev–Trinajstić information content (AvgIpc) is 2.35. The zero-order valence-corrected chi connectivity index (χ0v) is 12.3. The molecule has 2 aromatic rings. The molecule has 0 saturated heterocycles. The summed E-state index contributed by atoms with van der Waals surface area (Å²) in [6, 6.07) is 15.7. The minimum atomic E-state index is 0. The Morgan fingerprint density at radius 2 is 1.67 bits per heavy atom. The molecule has 1 heterocycles. The van der Waals surface area contributed by atoms with Crippen molar-refractivity contribution in [2.75, 3.05) is 0 Å². The summed E-state index contributed by atoms with van der Waals surface area (Å²) in [5, 5.41) is 0. The van der Waals surface area contributed by atoms with Gasteiger partial charge in [-0.05, 0) is 41.2 Å². The van der Waals surface area contributed by atoms with Crippen LogP contribution in [-0.2, 0) is 23.5 Å². The van der Waals surface area contributed by atoms with Gasteiger partial charge < -0.3 is 0 Å². The smallest absolute Gasteiger partial charge is 0.0158 e. The standard InChI is InChI=1S/C16H16S.Cu/c1-11(2)12-7-8-16-14(9-12)10-13-5-3-4-6-15(13)17-16;/h3-9,11H,10H2,1-2H3;. The molecule has 0 fully saturated rings. The van der Waals surface area contributed by atoms with Crippen molar-refractivity contribution in [1.82, 2.24) is 0 Å². The maximum Gasteiger partial charge on any atom is 0.0158 e. The van der Waals surface area contributed by atoms with E-state index in [4.69, 9.17) is 0 Å². The molecule has 0 bridgehead atoms. The minimum absolute atomic E-state index is 0. The van der Waals surface area contributed by atoms with Crippen LogP contribution in [0.25, 0.3) is 0 Å². The van der Waals surface area contributed by atoms with E-state index in [0.717, 1.165) is 6.42 Å². The zero-order chi connectivity index (χ0) is 11.8. The normalized spacial score (nSPS) is 12.6. The average molecular weight is 304 g/mol. The third kappa shape index (κ3) is 2.51. The van der Waals surface area contributed by atoms with Crippen LogP contribution in [0, 0.1) is 0 Å². The molecule has 18 heavy (non-hydrogen) atoms. The number of hydrogen-bond donors (Lipinski definition) is 0. The second-order valence-corrected chi connectivity index (χ2v) is 5.99. The monoisotopic (exact) mass is 303 g/mol. The van der Waals surface area contributed by atoms with E-state index in [0.29, 0.717) is 5.92 Å². The molecule has 0 aliphatic carbocycles. The van der Waals surface area contributed by atoms with Gasteiger partial charge in [-0.15, -0.1) is 0 Å². The second kappa shape index (κ2) is 5.52. The molecule has 3 rings (SSSR count). The van der Waals surface area contributed by atoms with Gasteiger partial charge in [0, 0.05) is 26.9 Å². The molecular weight excluding hydrogens is 288 g/mol. The summed E-state index contributed by atoms with van der Waals surface area (Å²) in [7, 11) is 0. The van der Waals surface area contributed by atoms with Gasteiger partial charge >= 0.3 is 0 Å². The summed E-state index contributed by atoms with van der Waals surface area (Å²) < 4.78 is 0. The van der Waals surface area contributed by atoms with Crippen LogP contribution in [-0.4, -0.2) is 0 Å². The Balaban J connectivity index is 0.00000120. The van der Waals surface area contributed by atoms with Crippen LogP contribution in [0.15, 0.2) is 52.3 Å². The van der Waals surface area contributed by atoms with E-state index in [1.165, 1.54) is 26.5 Å². The third-order valence-electron chi connectivity index (χ3n) is 3.32. The van der Waals surface area contributed by atoms with E-state index in [-0.39, 0.29) is 17.1 Å². The molecule has 0 unspecified atom stereocenters. The molecule has 1 aliphatic rings. The molecule has 0 N–H and O–H groups in total. The summed E-state index contributed by atoms with van der Waals surface area (Å²) in [5.74, 6) is 0.613. The van der Waals surface area contributed by atoms with Gasteiger partial charge in [0.25, 0.3) is 0 Å². The van der Waals surface area contributed by atoms with E-state index in [1.54, 1.807) is 0 Å². The van der Waals surface area contributed by atoms with Crippen LogP contribution in [0.3, 0.4) is 0 Å². The van der Waals surface area contributed by atoms with Crippen molar-refractivity contribution in [3.8, 4) is 0 Å². The number of hydrogen-bond acceptors (Lipinski definition) is 1. The molecule has 1 radical (unpaired) electrons. The van der Waals surface area contributed by atoms with Gasteiger partial charge in [-0.2, -0.15) is 0 Å². The molecule has 0 nitrogen and oxygen atoms in total. The molecule has 2 heteroatoms. The minimum Gasteiger partial charge on any atom is -0.0895 e. The largest absolute Gasteiger partial charge is 0.0895 e. The molecule has 97 valence electrons. The van der Waals surface area contributed by atoms with Crippen molar-refractivity contribution in [3.05, 3.63) is 59.2 Å². The zero-order valence-electron chi connectivity index (χ0n) is 10.5. The molecule has 0 saturated carbocycles. The number of benzene rings is 2. The Hall–Kier alpha value is -0.691. The molecule has 0 amide bonds. The number of rotatable bonds is 1. The third-order valence-corrected chi connectivity index (χ3v) is 4.56. The Kier molecular flexibility index (Phi) is 4.21. The Morgan fingerprint density at radius 3 is 2.44 bits per heavy atom. The predicted octanol–water partition coefficient (Wildman–Crippen LogP) is 4.86. The second-order valence-electron chi connectivity index (χ2n) is 4.91. The van der Waals surface area contributed by atoms with Crippen molar-refractivity contribution in [3.63, 3.8) is 0 Å². The van der Waals surface area contributed by atoms with Crippen LogP contribution in [0.5, 0.6) is 0 Å². The van der Waals surface area contributed by atoms with Gasteiger partial charge in [-0.1, -0.05) is 55.9 Å². The van der Waals surface area contributed by atoms with Gasteiger partial charge in [-0.3, -0.25) is 0 Å². The van der Waals surface area contributed by atoms with Gasteiger partial charge in [0.1, 0.15) is 0 Å². The van der Waals surface area contributed by atoms with Crippen molar-refractivity contribution in [2.24, 2.45) is 0 Å². The summed E-state index contributed by atoms with van der Waals surface area (Å²) in [4.78, 5) is 2.84. The summed E-state index contributed by atoms with van der Waals surface area (Å²) in [5.41, 5.74) is 4.40. The van der Waals surface area contributed by atoms with Gasteiger partial charge in [0.2, 0.25) is 0 Å². The molecule has 0 spiro atoms. The molecule has 0 atom stereocenters. The maximum absolute atomic E-state index is 2.38. The molecule has 2 aromatic carbocycles. The number of fused-ring (bicyclic) bond motifs is 2. The topological polar surface area (TPSA) is 0 Å². The summed E-state index contributed by atoms with van der Waals surface area (Å²) in [6.45, 7) is 4.51. The van der Waals surface area contributed by atoms with Crippen LogP contribution >= 0.6 is 11.8 Å². The van der Waals surface area contributed by atoms with Crippen molar-refractivity contribution in [1.29, 1.82) is 0 Å². The van der Waals surface area contributed by atoms with E-state index < -0.39 is 0 Å². The summed E-state index contributed by atoms with van der Waals surface area (Å²) >= 11 is 1.90. The van der Waals surface area contributed by atoms with E-state index in [2.05, 4.69) is 56.3 Å².